The van der Waals surface area contributed by atoms with Gasteiger partial charge in [-0.3, -0.25) is 0 Å². The van der Waals surface area contributed by atoms with E-state index in [1.165, 1.54) is 21.8 Å². The molecular weight excluding hydrogens is 469 g/mol. The summed E-state index contributed by atoms with van der Waals surface area (Å²) in [4.78, 5) is 0. The maximum atomic E-state index is 6.67. The molecule has 0 amide bonds. The zero-order valence-corrected chi connectivity index (χ0v) is 20.2. The highest BCUT2D eigenvalue weighted by Gasteiger charge is 2.17. The predicted molar refractivity (Wildman–Crippen MR) is 151 cm³/mol. The SMILES string of the molecule is Clc1cccc2c(-c3ccc4c(c3)c3ccccc3n4-c3ccccc3)c3cccc(Cl)c3cc12. The van der Waals surface area contributed by atoms with Crippen LogP contribution in [0, 0.1) is 0 Å². The molecule has 3 heteroatoms. The van der Waals surface area contributed by atoms with Gasteiger partial charge in [0.15, 0.2) is 0 Å². The van der Waals surface area contributed by atoms with Crippen molar-refractivity contribution in [3.05, 3.63) is 125 Å². The van der Waals surface area contributed by atoms with Gasteiger partial charge in [-0.15, -0.1) is 0 Å². The fourth-order valence-electron chi connectivity index (χ4n) is 5.39. The first-order chi connectivity index (χ1) is 17.2. The summed E-state index contributed by atoms with van der Waals surface area (Å²) in [7, 11) is 0. The fraction of sp³-hybridized carbons (Fsp3) is 0. The second-order valence-electron chi connectivity index (χ2n) is 8.84. The molecule has 0 aliphatic heterocycles. The highest BCUT2D eigenvalue weighted by atomic mass is 35.5. The Morgan fingerprint density at radius 2 is 1.03 bits per heavy atom. The quantitative estimate of drug-likeness (QED) is 0.213. The average Bonchev–Trinajstić information content (AvgIpc) is 3.22. The van der Waals surface area contributed by atoms with Crippen molar-refractivity contribution >= 4 is 66.6 Å². The lowest BCUT2D eigenvalue weighted by Gasteiger charge is -2.14. The average molecular weight is 488 g/mol. The lowest BCUT2D eigenvalue weighted by Crippen LogP contribution is -1.93. The second kappa shape index (κ2) is 7.88. The van der Waals surface area contributed by atoms with Crippen LogP contribution in [0.2, 0.25) is 10.0 Å². The van der Waals surface area contributed by atoms with Crippen LogP contribution in [0.25, 0.3) is 60.2 Å². The molecular formula is C32H19Cl2N. The van der Waals surface area contributed by atoms with Crippen molar-refractivity contribution in [2.75, 3.05) is 0 Å². The highest BCUT2D eigenvalue weighted by molar-refractivity contribution is 6.39. The van der Waals surface area contributed by atoms with Crippen molar-refractivity contribution in [2.45, 2.75) is 0 Å². The van der Waals surface area contributed by atoms with Gasteiger partial charge in [0.2, 0.25) is 0 Å². The summed E-state index contributed by atoms with van der Waals surface area (Å²) in [5, 5.41) is 8.18. The molecule has 0 spiro atoms. The zero-order valence-electron chi connectivity index (χ0n) is 18.7. The number of rotatable bonds is 2. The molecule has 6 aromatic carbocycles. The molecule has 1 heterocycles. The summed E-state index contributed by atoms with van der Waals surface area (Å²) in [6, 6.07) is 40.2. The summed E-state index contributed by atoms with van der Waals surface area (Å²) < 4.78 is 2.34. The van der Waals surface area contributed by atoms with Crippen LogP contribution < -0.4 is 0 Å². The van der Waals surface area contributed by atoms with Gasteiger partial charge < -0.3 is 4.57 Å². The smallest absolute Gasteiger partial charge is 0.0541 e. The van der Waals surface area contributed by atoms with E-state index < -0.39 is 0 Å². The van der Waals surface area contributed by atoms with E-state index >= 15 is 0 Å². The summed E-state index contributed by atoms with van der Waals surface area (Å²) >= 11 is 13.3. The summed E-state index contributed by atoms with van der Waals surface area (Å²) in [5.41, 5.74) is 5.83. The molecule has 0 unspecified atom stereocenters. The van der Waals surface area contributed by atoms with Gasteiger partial charge in [-0.25, -0.2) is 0 Å². The topological polar surface area (TPSA) is 4.93 Å². The van der Waals surface area contributed by atoms with Crippen molar-refractivity contribution in [1.82, 2.24) is 4.57 Å². The number of halogens is 2. The Labute approximate surface area is 212 Å². The van der Waals surface area contributed by atoms with E-state index in [-0.39, 0.29) is 0 Å². The monoisotopic (exact) mass is 487 g/mol. The van der Waals surface area contributed by atoms with Gasteiger partial charge >= 0.3 is 0 Å². The minimum atomic E-state index is 0.729. The van der Waals surface area contributed by atoms with Crippen LogP contribution in [0.1, 0.15) is 0 Å². The molecule has 0 saturated carbocycles. The largest absolute Gasteiger partial charge is 0.309 e. The molecule has 0 aliphatic carbocycles. The highest BCUT2D eigenvalue weighted by Crippen LogP contribution is 2.42. The minimum absolute atomic E-state index is 0.729. The Morgan fingerprint density at radius 3 is 1.74 bits per heavy atom. The normalized spacial score (nSPS) is 11.7. The third-order valence-electron chi connectivity index (χ3n) is 6.91. The molecule has 166 valence electrons. The van der Waals surface area contributed by atoms with Crippen molar-refractivity contribution < 1.29 is 0 Å². The fourth-order valence-corrected chi connectivity index (χ4v) is 5.85. The van der Waals surface area contributed by atoms with E-state index in [1.54, 1.807) is 0 Å². The maximum absolute atomic E-state index is 6.67. The molecule has 7 rings (SSSR count). The molecule has 0 N–H and O–H groups in total. The minimum Gasteiger partial charge on any atom is -0.309 e. The predicted octanol–water partition coefficient (Wildman–Crippen LogP) is 10.1. The van der Waals surface area contributed by atoms with Crippen LogP contribution in [-0.4, -0.2) is 4.57 Å². The lowest BCUT2D eigenvalue weighted by atomic mass is 9.91. The van der Waals surface area contributed by atoms with Crippen molar-refractivity contribution in [2.24, 2.45) is 0 Å². The van der Waals surface area contributed by atoms with Gasteiger partial charge in [-0.2, -0.15) is 0 Å². The molecule has 0 bridgehead atoms. The van der Waals surface area contributed by atoms with Crippen LogP contribution in [0.15, 0.2) is 115 Å². The Hall–Kier alpha value is -3.78. The number of hydrogen-bond donors (Lipinski definition) is 0. The molecule has 1 aromatic heterocycles. The molecule has 7 aromatic rings. The van der Waals surface area contributed by atoms with Crippen molar-refractivity contribution in [3.63, 3.8) is 0 Å². The van der Waals surface area contributed by atoms with Gasteiger partial charge in [0, 0.05) is 37.3 Å². The summed E-state index contributed by atoms with van der Waals surface area (Å²) in [5.74, 6) is 0. The number of hydrogen-bond acceptors (Lipinski definition) is 0. The van der Waals surface area contributed by atoms with Gasteiger partial charge in [-0.1, -0.05) is 89.9 Å². The van der Waals surface area contributed by atoms with Crippen LogP contribution in [0.5, 0.6) is 0 Å². The first-order valence-electron chi connectivity index (χ1n) is 11.6. The van der Waals surface area contributed by atoms with Gasteiger partial charge in [0.25, 0.3) is 0 Å². The zero-order chi connectivity index (χ0) is 23.5. The third-order valence-corrected chi connectivity index (χ3v) is 7.57. The van der Waals surface area contributed by atoms with Crippen LogP contribution >= 0.6 is 23.2 Å². The molecule has 0 radical (unpaired) electrons. The van der Waals surface area contributed by atoms with E-state index in [0.29, 0.717) is 0 Å². The van der Waals surface area contributed by atoms with E-state index in [9.17, 15) is 0 Å². The van der Waals surface area contributed by atoms with Crippen LogP contribution in [-0.2, 0) is 0 Å². The van der Waals surface area contributed by atoms with E-state index in [2.05, 4.69) is 95.6 Å². The first kappa shape index (κ1) is 20.6. The van der Waals surface area contributed by atoms with Crippen LogP contribution in [0.4, 0.5) is 0 Å². The third kappa shape index (κ3) is 3.09. The molecule has 35 heavy (non-hydrogen) atoms. The number of nitrogens with zero attached hydrogens (tertiary/aromatic N) is 1. The number of aromatic nitrogens is 1. The Kier molecular flexibility index (Phi) is 4.63. The standard InChI is InChI=1S/C32H19Cl2N/c33-28-13-6-11-23-25(28)19-26-24(12-7-14-29(26)34)32(23)20-16-17-31-27(18-20)22-10-4-5-15-30(22)35(31)21-8-2-1-3-9-21/h1-19H. The molecule has 0 atom stereocenters. The Bertz CT molecular complexity index is 1860. The number of para-hydroxylation sites is 2. The van der Waals surface area contributed by atoms with E-state index in [1.807, 2.05) is 24.3 Å². The van der Waals surface area contributed by atoms with Crippen molar-refractivity contribution in [1.29, 1.82) is 0 Å². The van der Waals surface area contributed by atoms with E-state index in [4.69, 9.17) is 23.2 Å². The van der Waals surface area contributed by atoms with Gasteiger partial charge in [0.05, 0.1) is 11.0 Å². The molecule has 0 fully saturated rings. The van der Waals surface area contributed by atoms with Gasteiger partial charge in [-0.05, 0) is 70.4 Å². The maximum Gasteiger partial charge on any atom is 0.0541 e. The summed E-state index contributed by atoms with van der Waals surface area (Å²) in [6.45, 7) is 0. The lowest BCUT2D eigenvalue weighted by molar-refractivity contribution is 1.18. The van der Waals surface area contributed by atoms with Gasteiger partial charge in [0.1, 0.15) is 0 Å². The molecule has 0 saturated heterocycles. The Balaban J connectivity index is 1.62. The summed E-state index contributed by atoms with van der Waals surface area (Å²) in [6.07, 6.45) is 0. The molecule has 0 aliphatic rings. The van der Waals surface area contributed by atoms with Crippen LogP contribution in [0.3, 0.4) is 0 Å². The first-order valence-corrected chi connectivity index (χ1v) is 12.3. The van der Waals surface area contributed by atoms with E-state index in [0.717, 1.165) is 48.4 Å². The second-order valence-corrected chi connectivity index (χ2v) is 9.66. The number of fused-ring (bicyclic) bond motifs is 5. The molecule has 1 nitrogen and oxygen atoms in total. The van der Waals surface area contributed by atoms with Crippen molar-refractivity contribution in [3.8, 4) is 16.8 Å². The number of benzene rings is 6. The Morgan fingerprint density at radius 1 is 0.429 bits per heavy atom.